The third-order valence-corrected chi connectivity index (χ3v) is 6.20. The Morgan fingerprint density at radius 2 is 1.83 bits per heavy atom. The van der Waals surface area contributed by atoms with E-state index in [-0.39, 0.29) is 22.3 Å². The largest absolute Gasteiger partial charge is 0.496 e. The van der Waals surface area contributed by atoms with Crippen LogP contribution in [0.15, 0.2) is 47.4 Å². The fourth-order valence-electron chi connectivity index (χ4n) is 3.26. The molecule has 0 radical (unpaired) electrons. The number of carbonyl (C=O) groups excluding carboxylic acids is 1. The van der Waals surface area contributed by atoms with Crippen molar-refractivity contribution in [3.8, 4) is 5.75 Å². The summed E-state index contributed by atoms with van der Waals surface area (Å²) in [6, 6.07) is 11.6. The van der Waals surface area contributed by atoms with E-state index in [1.807, 2.05) is 26.0 Å². The molecule has 0 aromatic heterocycles. The lowest BCUT2D eigenvalue weighted by molar-refractivity contribution is 0.0300. The summed E-state index contributed by atoms with van der Waals surface area (Å²) in [5.74, 6) is 0.219. The summed E-state index contributed by atoms with van der Waals surface area (Å²) < 4.78 is 39.3. The van der Waals surface area contributed by atoms with Crippen LogP contribution in [0.5, 0.6) is 5.75 Å². The SMILES string of the molecule is COc1ccc(S(=O)(=O)Nc2ccccc2C(C)C)cc1C(=O)N1CCOCC1. The molecule has 0 spiro atoms. The molecule has 1 aliphatic heterocycles. The smallest absolute Gasteiger partial charge is 0.261 e. The van der Waals surface area contributed by atoms with Gasteiger partial charge in [-0.2, -0.15) is 0 Å². The van der Waals surface area contributed by atoms with Crippen LogP contribution in [0, 0.1) is 0 Å². The number of rotatable bonds is 6. The normalized spacial score (nSPS) is 14.7. The van der Waals surface area contributed by atoms with E-state index in [0.29, 0.717) is 37.7 Å². The van der Waals surface area contributed by atoms with Crippen molar-refractivity contribution < 1.29 is 22.7 Å². The van der Waals surface area contributed by atoms with E-state index in [2.05, 4.69) is 4.72 Å². The van der Waals surface area contributed by atoms with Crippen LogP contribution in [-0.2, 0) is 14.8 Å². The Bertz CT molecular complexity index is 982. The summed E-state index contributed by atoms with van der Waals surface area (Å²) in [4.78, 5) is 14.6. The third kappa shape index (κ3) is 4.71. The lowest BCUT2D eigenvalue weighted by Crippen LogP contribution is -2.40. The van der Waals surface area contributed by atoms with Gasteiger partial charge >= 0.3 is 0 Å². The van der Waals surface area contributed by atoms with E-state index in [1.165, 1.54) is 25.3 Å². The van der Waals surface area contributed by atoms with E-state index in [4.69, 9.17) is 9.47 Å². The average Bonchev–Trinajstić information content (AvgIpc) is 2.73. The number of ether oxygens (including phenoxy) is 2. The van der Waals surface area contributed by atoms with Gasteiger partial charge in [0.25, 0.3) is 15.9 Å². The number of hydrogen-bond donors (Lipinski definition) is 1. The number of sulfonamides is 1. The zero-order chi connectivity index (χ0) is 21.0. The zero-order valence-corrected chi connectivity index (χ0v) is 17.7. The van der Waals surface area contributed by atoms with Crippen molar-refractivity contribution in [3.05, 3.63) is 53.6 Å². The minimum Gasteiger partial charge on any atom is -0.496 e. The molecule has 8 heteroatoms. The van der Waals surface area contributed by atoms with E-state index < -0.39 is 10.0 Å². The van der Waals surface area contributed by atoms with Gasteiger partial charge in [-0.1, -0.05) is 32.0 Å². The molecule has 2 aromatic rings. The van der Waals surface area contributed by atoms with Crippen LogP contribution in [0.3, 0.4) is 0 Å². The topological polar surface area (TPSA) is 84.9 Å². The summed E-state index contributed by atoms with van der Waals surface area (Å²) in [6.45, 7) is 5.83. The molecule has 0 atom stereocenters. The van der Waals surface area contributed by atoms with Crippen molar-refractivity contribution >= 4 is 21.6 Å². The summed E-state index contributed by atoms with van der Waals surface area (Å²) >= 11 is 0. The molecule has 0 bridgehead atoms. The van der Waals surface area contributed by atoms with Crippen molar-refractivity contribution in [2.75, 3.05) is 38.1 Å². The van der Waals surface area contributed by atoms with Crippen LogP contribution in [0.25, 0.3) is 0 Å². The molecule has 7 nitrogen and oxygen atoms in total. The second-order valence-corrected chi connectivity index (χ2v) is 8.80. The highest BCUT2D eigenvalue weighted by atomic mass is 32.2. The number of nitrogens with one attached hydrogen (secondary N) is 1. The van der Waals surface area contributed by atoms with Gasteiger partial charge in [-0.25, -0.2) is 8.42 Å². The second kappa shape index (κ2) is 8.84. The summed E-state index contributed by atoms with van der Waals surface area (Å²) in [5, 5.41) is 0. The molecule has 1 saturated heterocycles. The number of anilines is 1. The maximum absolute atomic E-state index is 13.0. The van der Waals surface area contributed by atoms with Crippen LogP contribution in [0.2, 0.25) is 0 Å². The fraction of sp³-hybridized carbons (Fsp3) is 0.381. The number of morpholine rings is 1. The van der Waals surface area contributed by atoms with Crippen molar-refractivity contribution in [1.29, 1.82) is 0 Å². The number of nitrogens with zero attached hydrogens (tertiary/aromatic N) is 1. The summed E-state index contributed by atoms with van der Waals surface area (Å²) in [5.41, 5.74) is 1.64. The molecule has 0 saturated carbocycles. The minimum atomic E-state index is -3.88. The highest BCUT2D eigenvalue weighted by Gasteiger charge is 2.25. The van der Waals surface area contributed by atoms with Gasteiger partial charge in [0.1, 0.15) is 5.75 Å². The van der Waals surface area contributed by atoms with Gasteiger partial charge in [-0.05, 0) is 35.7 Å². The minimum absolute atomic E-state index is 0.00784. The lowest BCUT2D eigenvalue weighted by Gasteiger charge is -2.27. The predicted octanol–water partition coefficient (Wildman–Crippen LogP) is 3.09. The molecule has 1 amide bonds. The molecule has 1 N–H and O–H groups in total. The van der Waals surface area contributed by atoms with Gasteiger partial charge in [0, 0.05) is 13.1 Å². The Labute approximate surface area is 171 Å². The van der Waals surface area contributed by atoms with Crippen molar-refractivity contribution in [2.45, 2.75) is 24.7 Å². The van der Waals surface area contributed by atoms with Gasteiger partial charge < -0.3 is 14.4 Å². The van der Waals surface area contributed by atoms with Crippen molar-refractivity contribution in [2.24, 2.45) is 0 Å². The summed E-state index contributed by atoms with van der Waals surface area (Å²) in [7, 11) is -2.43. The molecule has 29 heavy (non-hydrogen) atoms. The van der Waals surface area contributed by atoms with Gasteiger partial charge in [0.2, 0.25) is 0 Å². The number of benzene rings is 2. The first kappa shape index (κ1) is 21.1. The predicted molar refractivity (Wildman–Crippen MR) is 111 cm³/mol. The standard InChI is InChI=1S/C21H26N2O5S/c1-15(2)17-6-4-5-7-19(17)22-29(25,26)16-8-9-20(27-3)18(14-16)21(24)23-10-12-28-13-11-23/h4-9,14-15,22H,10-13H2,1-3H3. The maximum Gasteiger partial charge on any atom is 0.261 e. The summed E-state index contributed by atoms with van der Waals surface area (Å²) in [6.07, 6.45) is 0. The van der Waals surface area contributed by atoms with Crippen LogP contribution < -0.4 is 9.46 Å². The second-order valence-electron chi connectivity index (χ2n) is 7.11. The quantitative estimate of drug-likeness (QED) is 0.779. The molecule has 2 aromatic carbocycles. The monoisotopic (exact) mass is 418 g/mol. The van der Waals surface area contributed by atoms with Crippen molar-refractivity contribution in [3.63, 3.8) is 0 Å². The van der Waals surface area contributed by atoms with Crippen LogP contribution >= 0.6 is 0 Å². The highest BCUT2D eigenvalue weighted by Crippen LogP contribution is 2.28. The van der Waals surface area contributed by atoms with Crippen LogP contribution in [-0.4, -0.2) is 52.6 Å². The first-order valence-corrected chi connectivity index (χ1v) is 11.0. The molecule has 1 heterocycles. The number of para-hydroxylation sites is 1. The van der Waals surface area contributed by atoms with Crippen LogP contribution in [0.1, 0.15) is 35.7 Å². The number of carbonyl (C=O) groups is 1. The fourth-order valence-corrected chi connectivity index (χ4v) is 4.37. The average molecular weight is 419 g/mol. The zero-order valence-electron chi connectivity index (χ0n) is 16.8. The van der Waals surface area contributed by atoms with E-state index >= 15 is 0 Å². The first-order valence-electron chi connectivity index (χ1n) is 9.50. The van der Waals surface area contributed by atoms with Gasteiger partial charge in [-0.3, -0.25) is 9.52 Å². The Morgan fingerprint density at radius 3 is 2.48 bits per heavy atom. The van der Waals surface area contributed by atoms with Crippen molar-refractivity contribution in [1.82, 2.24) is 4.90 Å². The molecular formula is C21H26N2O5S. The van der Waals surface area contributed by atoms with Gasteiger partial charge in [-0.15, -0.1) is 0 Å². The first-order chi connectivity index (χ1) is 13.8. The maximum atomic E-state index is 13.0. The number of methoxy groups -OCH3 is 1. The Kier molecular flexibility index (Phi) is 6.44. The number of hydrogen-bond acceptors (Lipinski definition) is 5. The molecule has 1 aliphatic rings. The molecule has 0 aliphatic carbocycles. The van der Waals surface area contributed by atoms with E-state index in [0.717, 1.165) is 5.56 Å². The lowest BCUT2D eigenvalue weighted by atomic mass is 10.0. The molecular weight excluding hydrogens is 392 g/mol. The van der Waals surface area contributed by atoms with Gasteiger partial charge in [0.05, 0.1) is 36.5 Å². The third-order valence-electron chi connectivity index (χ3n) is 4.84. The Hall–Kier alpha value is -2.58. The van der Waals surface area contributed by atoms with E-state index in [1.54, 1.807) is 17.0 Å². The van der Waals surface area contributed by atoms with Crippen LogP contribution in [0.4, 0.5) is 5.69 Å². The van der Waals surface area contributed by atoms with E-state index in [9.17, 15) is 13.2 Å². The Balaban J connectivity index is 1.95. The molecule has 3 rings (SSSR count). The Morgan fingerprint density at radius 1 is 1.14 bits per heavy atom. The van der Waals surface area contributed by atoms with Gasteiger partial charge in [0.15, 0.2) is 0 Å². The molecule has 0 unspecified atom stereocenters. The molecule has 1 fully saturated rings. The molecule has 156 valence electrons. The number of amides is 1. The highest BCUT2D eigenvalue weighted by molar-refractivity contribution is 7.92.